The van der Waals surface area contributed by atoms with E-state index < -0.39 is 0 Å². The summed E-state index contributed by atoms with van der Waals surface area (Å²) in [5.74, 6) is 0.313. The summed E-state index contributed by atoms with van der Waals surface area (Å²) in [5.41, 5.74) is 1.83. The van der Waals surface area contributed by atoms with Crippen LogP contribution in [0.2, 0.25) is 0 Å². The first-order valence-corrected chi connectivity index (χ1v) is 13.5. The van der Waals surface area contributed by atoms with Gasteiger partial charge >= 0.3 is 0 Å². The Bertz CT molecular complexity index is 980. The van der Waals surface area contributed by atoms with Crippen LogP contribution >= 0.6 is 11.3 Å². The lowest BCUT2D eigenvalue weighted by molar-refractivity contribution is 0.0695. The molecule has 0 spiro atoms. The van der Waals surface area contributed by atoms with Gasteiger partial charge in [0, 0.05) is 48.7 Å². The van der Waals surface area contributed by atoms with Gasteiger partial charge in [-0.05, 0) is 88.2 Å². The second-order valence-electron chi connectivity index (χ2n) is 9.87. The summed E-state index contributed by atoms with van der Waals surface area (Å²) >= 11 is 1.55. The fourth-order valence-corrected chi connectivity index (χ4v) is 6.61. The second kappa shape index (κ2) is 9.98. The molecule has 0 aliphatic carbocycles. The van der Waals surface area contributed by atoms with E-state index in [0.717, 1.165) is 79.3 Å². The third kappa shape index (κ3) is 4.87. The van der Waals surface area contributed by atoms with Crippen molar-refractivity contribution < 1.29 is 9.59 Å². The Kier molecular flexibility index (Phi) is 6.84. The first kappa shape index (κ1) is 22.6. The van der Waals surface area contributed by atoms with E-state index >= 15 is 0 Å². The van der Waals surface area contributed by atoms with Crippen LogP contribution in [0.1, 0.15) is 71.9 Å². The van der Waals surface area contributed by atoms with E-state index in [4.69, 9.17) is 0 Å². The summed E-state index contributed by atoms with van der Waals surface area (Å²) in [5, 5.41) is 0. The van der Waals surface area contributed by atoms with Gasteiger partial charge in [-0.15, -0.1) is 11.3 Å². The molecule has 1 aromatic heterocycles. The molecule has 3 aliphatic rings. The Morgan fingerprint density at radius 1 is 0.848 bits per heavy atom. The normalized spacial score (nSPS) is 23.9. The van der Waals surface area contributed by atoms with Gasteiger partial charge in [0.25, 0.3) is 11.8 Å². The van der Waals surface area contributed by atoms with Crippen LogP contribution in [0.25, 0.3) is 10.4 Å². The standard InChI is InChI=1S/C27H35N3O2S/c1-20-7-5-17-29(20)19-23-8-6-18-30(23)26(31)22-11-9-21(10-12-22)24-13-14-25(33-24)27(32)28-15-3-2-4-16-28/h9-14,20,23H,2-8,15-19H2,1H3/t20-,23+/m1/s1. The second-order valence-corrected chi connectivity index (χ2v) is 11.0. The number of likely N-dealkylation sites (tertiary alicyclic amines) is 3. The van der Waals surface area contributed by atoms with Gasteiger partial charge in [0.1, 0.15) is 0 Å². The third-order valence-corrected chi connectivity index (χ3v) is 8.77. The van der Waals surface area contributed by atoms with Gasteiger partial charge < -0.3 is 9.80 Å². The number of thiophene rings is 1. The zero-order valence-corrected chi connectivity index (χ0v) is 20.5. The number of hydrogen-bond donors (Lipinski definition) is 0. The number of carbonyl (C=O) groups is 2. The van der Waals surface area contributed by atoms with Crippen LogP contribution in [0.3, 0.4) is 0 Å². The Hall–Kier alpha value is -2.18. The molecule has 2 aromatic rings. The molecule has 6 heteroatoms. The average Bonchev–Trinajstić information content (AvgIpc) is 3.61. The quantitative estimate of drug-likeness (QED) is 0.615. The molecule has 0 saturated carbocycles. The minimum Gasteiger partial charge on any atom is -0.338 e. The van der Waals surface area contributed by atoms with E-state index in [9.17, 15) is 9.59 Å². The molecule has 3 fully saturated rings. The molecule has 176 valence electrons. The lowest BCUT2D eigenvalue weighted by Gasteiger charge is -2.30. The predicted molar refractivity (Wildman–Crippen MR) is 134 cm³/mol. The van der Waals surface area contributed by atoms with Crippen LogP contribution < -0.4 is 0 Å². The summed E-state index contributed by atoms with van der Waals surface area (Å²) in [4.78, 5) is 34.6. The zero-order chi connectivity index (χ0) is 22.8. The zero-order valence-electron chi connectivity index (χ0n) is 19.7. The molecule has 1 aromatic carbocycles. The summed E-state index contributed by atoms with van der Waals surface area (Å²) in [6.45, 7) is 7.09. The molecule has 3 saturated heterocycles. The van der Waals surface area contributed by atoms with E-state index in [1.165, 1.54) is 19.3 Å². The van der Waals surface area contributed by atoms with Crippen molar-refractivity contribution in [1.29, 1.82) is 0 Å². The van der Waals surface area contributed by atoms with E-state index in [1.807, 2.05) is 41.3 Å². The maximum atomic E-state index is 13.3. The van der Waals surface area contributed by atoms with Gasteiger partial charge in [-0.1, -0.05) is 12.1 Å². The Morgan fingerprint density at radius 3 is 2.33 bits per heavy atom. The monoisotopic (exact) mass is 465 g/mol. The highest BCUT2D eigenvalue weighted by Gasteiger charge is 2.33. The van der Waals surface area contributed by atoms with Gasteiger partial charge in [-0.25, -0.2) is 0 Å². The molecule has 3 aliphatic heterocycles. The van der Waals surface area contributed by atoms with Gasteiger partial charge in [0.2, 0.25) is 0 Å². The minimum atomic E-state index is 0.156. The van der Waals surface area contributed by atoms with Crippen molar-refractivity contribution in [2.45, 2.75) is 64.0 Å². The number of rotatable bonds is 5. The lowest BCUT2D eigenvalue weighted by Crippen LogP contribution is -2.44. The summed E-state index contributed by atoms with van der Waals surface area (Å²) < 4.78 is 0. The molecule has 33 heavy (non-hydrogen) atoms. The maximum Gasteiger partial charge on any atom is 0.263 e. The van der Waals surface area contributed by atoms with Gasteiger partial charge in [-0.3, -0.25) is 14.5 Å². The molecule has 4 heterocycles. The van der Waals surface area contributed by atoms with Crippen LogP contribution in [0, 0.1) is 0 Å². The van der Waals surface area contributed by atoms with E-state index in [2.05, 4.69) is 16.7 Å². The molecule has 0 N–H and O–H groups in total. The largest absolute Gasteiger partial charge is 0.338 e. The SMILES string of the molecule is C[C@@H]1CCCN1C[C@@H]1CCCN1C(=O)c1ccc(-c2ccc(C(=O)N3CCCCC3)s2)cc1. The van der Waals surface area contributed by atoms with Crippen molar-refractivity contribution in [2.24, 2.45) is 0 Å². The van der Waals surface area contributed by atoms with Gasteiger partial charge in [0.05, 0.1) is 4.88 Å². The summed E-state index contributed by atoms with van der Waals surface area (Å²) in [6.07, 6.45) is 8.19. The van der Waals surface area contributed by atoms with Crippen LogP contribution in [0.4, 0.5) is 0 Å². The number of nitrogens with zero attached hydrogens (tertiary/aromatic N) is 3. The van der Waals surface area contributed by atoms with E-state index in [1.54, 1.807) is 11.3 Å². The molecule has 5 rings (SSSR count). The topological polar surface area (TPSA) is 43.9 Å². The molecule has 5 nitrogen and oxygen atoms in total. The highest BCUT2D eigenvalue weighted by Crippen LogP contribution is 2.31. The molecular formula is C27H35N3O2S. The molecular weight excluding hydrogens is 430 g/mol. The average molecular weight is 466 g/mol. The number of carbonyl (C=O) groups excluding carboxylic acids is 2. The molecule has 0 unspecified atom stereocenters. The predicted octanol–water partition coefficient (Wildman–Crippen LogP) is 5.13. The number of benzene rings is 1. The van der Waals surface area contributed by atoms with Crippen LogP contribution in [0.15, 0.2) is 36.4 Å². The highest BCUT2D eigenvalue weighted by molar-refractivity contribution is 7.17. The Balaban J connectivity index is 1.24. The maximum absolute atomic E-state index is 13.3. The van der Waals surface area contributed by atoms with Crippen LogP contribution in [-0.2, 0) is 0 Å². The number of hydrogen-bond acceptors (Lipinski definition) is 4. The lowest BCUT2D eigenvalue weighted by atomic mass is 10.1. The molecule has 2 amide bonds. The number of amides is 2. The minimum absolute atomic E-state index is 0.156. The van der Waals surface area contributed by atoms with Crippen molar-refractivity contribution in [3.63, 3.8) is 0 Å². The van der Waals surface area contributed by atoms with Crippen molar-refractivity contribution in [3.8, 4) is 10.4 Å². The highest BCUT2D eigenvalue weighted by atomic mass is 32.1. The molecule has 0 bridgehead atoms. The van der Waals surface area contributed by atoms with Crippen LogP contribution in [-0.4, -0.2) is 71.3 Å². The molecule has 2 atom stereocenters. The van der Waals surface area contributed by atoms with E-state index in [0.29, 0.717) is 12.1 Å². The smallest absolute Gasteiger partial charge is 0.263 e. The fraction of sp³-hybridized carbons (Fsp3) is 0.556. The van der Waals surface area contributed by atoms with Gasteiger partial charge in [0.15, 0.2) is 0 Å². The van der Waals surface area contributed by atoms with Crippen LogP contribution in [0.5, 0.6) is 0 Å². The summed E-state index contributed by atoms with van der Waals surface area (Å²) in [6, 6.07) is 12.9. The number of piperidine rings is 1. The third-order valence-electron chi connectivity index (χ3n) is 7.65. The Labute approximate surface area is 201 Å². The first-order valence-electron chi connectivity index (χ1n) is 12.6. The fourth-order valence-electron chi connectivity index (χ4n) is 5.63. The van der Waals surface area contributed by atoms with Gasteiger partial charge in [-0.2, -0.15) is 0 Å². The first-order chi connectivity index (χ1) is 16.1. The summed E-state index contributed by atoms with van der Waals surface area (Å²) in [7, 11) is 0. The Morgan fingerprint density at radius 2 is 1.61 bits per heavy atom. The van der Waals surface area contributed by atoms with Crippen molar-refractivity contribution >= 4 is 23.2 Å². The van der Waals surface area contributed by atoms with Crippen molar-refractivity contribution in [2.75, 3.05) is 32.7 Å². The van der Waals surface area contributed by atoms with Crippen molar-refractivity contribution in [3.05, 3.63) is 46.8 Å². The molecule has 0 radical (unpaired) electrons. The van der Waals surface area contributed by atoms with Crippen molar-refractivity contribution in [1.82, 2.24) is 14.7 Å². The van der Waals surface area contributed by atoms with E-state index in [-0.39, 0.29) is 11.8 Å².